The number of carbonyl (C=O) groups excluding carboxylic acids is 1. The van der Waals surface area contributed by atoms with E-state index in [1.807, 2.05) is 0 Å². The van der Waals surface area contributed by atoms with Crippen LogP contribution in [-0.2, 0) is 11.0 Å². The molecule has 1 amide bonds. The minimum absolute atomic E-state index is 0.0309. The first kappa shape index (κ1) is 16.3. The van der Waals surface area contributed by atoms with E-state index in [0.29, 0.717) is 31.5 Å². The quantitative estimate of drug-likeness (QED) is 0.853. The second-order valence-electron chi connectivity index (χ2n) is 5.12. The van der Waals surface area contributed by atoms with Gasteiger partial charge < -0.3 is 10.0 Å². The molecular weight excluding hydrogens is 306 g/mol. The Labute approximate surface area is 123 Å². The molecule has 1 aliphatic heterocycles. The lowest BCUT2D eigenvalue weighted by molar-refractivity contribution is -0.143. The molecule has 22 heavy (non-hydrogen) atoms. The second kappa shape index (κ2) is 5.94. The zero-order valence-corrected chi connectivity index (χ0v) is 11.4. The molecule has 4 nitrogen and oxygen atoms in total. The average Bonchev–Trinajstić information content (AvgIpc) is 2.45. The molecule has 1 atom stereocenters. The van der Waals surface area contributed by atoms with Crippen LogP contribution >= 0.6 is 0 Å². The maximum atomic E-state index is 13.5. The van der Waals surface area contributed by atoms with Crippen molar-refractivity contribution in [3.8, 4) is 0 Å². The Hall–Kier alpha value is -2.12. The number of hydrogen-bond donors (Lipinski definition) is 1. The smallest absolute Gasteiger partial charge is 0.419 e. The number of halogens is 4. The molecule has 120 valence electrons. The van der Waals surface area contributed by atoms with Gasteiger partial charge in [-0.3, -0.25) is 9.59 Å². The fourth-order valence-electron chi connectivity index (χ4n) is 2.42. The number of rotatable bonds is 2. The Morgan fingerprint density at radius 3 is 2.50 bits per heavy atom. The molecule has 8 heteroatoms. The third kappa shape index (κ3) is 3.37. The van der Waals surface area contributed by atoms with Crippen molar-refractivity contribution in [3.05, 3.63) is 35.1 Å². The molecule has 0 bridgehead atoms. The minimum atomic E-state index is -4.83. The van der Waals surface area contributed by atoms with Gasteiger partial charge >= 0.3 is 12.1 Å². The number of nitrogens with zero attached hydrogens (tertiary/aromatic N) is 1. The van der Waals surface area contributed by atoms with Gasteiger partial charge in [0.05, 0.1) is 11.5 Å². The van der Waals surface area contributed by atoms with Crippen LogP contribution in [0.3, 0.4) is 0 Å². The Balaban J connectivity index is 2.19. The first-order valence-electron chi connectivity index (χ1n) is 6.59. The van der Waals surface area contributed by atoms with Gasteiger partial charge in [0.1, 0.15) is 5.82 Å². The molecular formula is C14H13F4NO3. The van der Waals surface area contributed by atoms with Crippen molar-refractivity contribution in [3.63, 3.8) is 0 Å². The highest BCUT2D eigenvalue weighted by Crippen LogP contribution is 2.32. The summed E-state index contributed by atoms with van der Waals surface area (Å²) in [7, 11) is 0. The molecule has 1 heterocycles. The molecule has 0 aromatic heterocycles. The van der Waals surface area contributed by atoms with Crippen LogP contribution in [0.15, 0.2) is 18.2 Å². The maximum Gasteiger partial charge on any atom is 0.419 e. The Kier molecular flexibility index (Phi) is 4.39. The molecule has 1 unspecified atom stereocenters. The predicted octanol–water partition coefficient (Wildman–Crippen LogP) is 2.78. The number of hydrogen-bond acceptors (Lipinski definition) is 2. The summed E-state index contributed by atoms with van der Waals surface area (Å²) in [5, 5.41) is 8.96. The number of piperidine rings is 1. The molecule has 1 saturated heterocycles. The van der Waals surface area contributed by atoms with Crippen molar-refractivity contribution in [2.24, 2.45) is 5.92 Å². The molecule has 0 aliphatic carbocycles. The fraction of sp³-hybridized carbons (Fsp3) is 0.429. The molecule has 1 aromatic carbocycles. The van der Waals surface area contributed by atoms with E-state index in [1.165, 1.54) is 4.90 Å². The Bertz CT molecular complexity index is 600. The van der Waals surface area contributed by atoms with Gasteiger partial charge in [0.15, 0.2) is 0 Å². The van der Waals surface area contributed by atoms with Crippen LogP contribution in [0.4, 0.5) is 17.6 Å². The van der Waals surface area contributed by atoms with Crippen LogP contribution in [0.1, 0.15) is 28.8 Å². The highest BCUT2D eigenvalue weighted by atomic mass is 19.4. The van der Waals surface area contributed by atoms with Crippen molar-refractivity contribution in [1.29, 1.82) is 0 Å². The number of likely N-dealkylation sites (tertiary alicyclic amines) is 1. The van der Waals surface area contributed by atoms with E-state index in [9.17, 15) is 27.2 Å². The predicted molar refractivity (Wildman–Crippen MR) is 67.7 cm³/mol. The van der Waals surface area contributed by atoms with Gasteiger partial charge in [-0.25, -0.2) is 4.39 Å². The molecule has 2 rings (SSSR count). The van der Waals surface area contributed by atoms with Gasteiger partial charge in [0.25, 0.3) is 5.91 Å². The van der Waals surface area contributed by atoms with E-state index >= 15 is 0 Å². The summed E-state index contributed by atoms with van der Waals surface area (Å²) in [4.78, 5) is 24.3. The summed E-state index contributed by atoms with van der Waals surface area (Å²) >= 11 is 0. The molecule has 1 aromatic rings. The van der Waals surface area contributed by atoms with Gasteiger partial charge in [-0.2, -0.15) is 13.2 Å². The van der Waals surface area contributed by atoms with E-state index in [0.717, 1.165) is 6.07 Å². The summed E-state index contributed by atoms with van der Waals surface area (Å²) in [6, 6.07) is 1.95. The summed E-state index contributed by atoms with van der Waals surface area (Å²) in [6.07, 6.45) is -3.92. The van der Waals surface area contributed by atoms with E-state index in [1.54, 1.807) is 0 Å². The second-order valence-corrected chi connectivity index (χ2v) is 5.12. The third-order valence-corrected chi connectivity index (χ3v) is 3.58. The van der Waals surface area contributed by atoms with Crippen molar-refractivity contribution < 1.29 is 32.3 Å². The number of amides is 1. The lowest BCUT2D eigenvalue weighted by Crippen LogP contribution is -2.42. The van der Waals surface area contributed by atoms with Gasteiger partial charge in [-0.1, -0.05) is 0 Å². The van der Waals surface area contributed by atoms with Crippen LogP contribution in [0.5, 0.6) is 0 Å². The topological polar surface area (TPSA) is 57.6 Å². The highest BCUT2D eigenvalue weighted by molar-refractivity contribution is 5.94. The maximum absolute atomic E-state index is 13.5. The number of alkyl halides is 3. The van der Waals surface area contributed by atoms with Crippen molar-refractivity contribution in [1.82, 2.24) is 4.90 Å². The van der Waals surface area contributed by atoms with E-state index < -0.39 is 35.4 Å². The summed E-state index contributed by atoms with van der Waals surface area (Å²) in [6.45, 7) is 0.266. The molecule has 0 saturated carbocycles. The van der Waals surface area contributed by atoms with Crippen molar-refractivity contribution in [2.75, 3.05) is 13.1 Å². The lowest BCUT2D eigenvalue weighted by Gasteiger charge is -2.30. The standard InChI is InChI=1S/C14H13F4NO3/c15-11-6-8(3-4-10(11)14(16,17)18)12(20)19-5-1-2-9(7-19)13(21)22/h3-4,6,9H,1-2,5,7H2,(H,21,22). The van der Waals surface area contributed by atoms with E-state index in [-0.39, 0.29) is 12.1 Å². The van der Waals surface area contributed by atoms with Gasteiger partial charge in [0.2, 0.25) is 0 Å². The fourth-order valence-corrected chi connectivity index (χ4v) is 2.42. The molecule has 1 fully saturated rings. The Morgan fingerprint density at radius 1 is 1.27 bits per heavy atom. The zero-order chi connectivity index (χ0) is 16.5. The first-order chi connectivity index (χ1) is 10.2. The van der Waals surface area contributed by atoms with Crippen LogP contribution < -0.4 is 0 Å². The van der Waals surface area contributed by atoms with Crippen LogP contribution in [-0.4, -0.2) is 35.0 Å². The minimum Gasteiger partial charge on any atom is -0.481 e. The van der Waals surface area contributed by atoms with E-state index in [2.05, 4.69) is 0 Å². The van der Waals surface area contributed by atoms with Crippen molar-refractivity contribution in [2.45, 2.75) is 19.0 Å². The number of carboxylic acids is 1. The van der Waals surface area contributed by atoms with Gasteiger partial charge in [-0.05, 0) is 31.0 Å². The van der Waals surface area contributed by atoms with Crippen molar-refractivity contribution >= 4 is 11.9 Å². The number of benzene rings is 1. The van der Waals surface area contributed by atoms with Gasteiger partial charge in [-0.15, -0.1) is 0 Å². The average molecular weight is 319 g/mol. The normalized spacial score (nSPS) is 19.1. The van der Waals surface area contributed by atoms with Crippen LogP contribution in [0, 0.1) is 11.7 Å². The number of aliphatic carboxylic acids is 1. The van der Waals surface area contributed by atoms with Crippen LogP contribution in [0.2, 0.25) is 0 Å². The first-order valence-corrected chi connectivity index (χ1v) is 6.59. The monoisotopic (exact) mass is 319 g/mol. The molecule has 0 spiro atoms. The Morgan fingerprint density at radius 2 is 1.95 bits per heavy atom. The summed E-state index contributed by atoms with van der Waals surface area (Å²) < 4.78 is 50.9. The number of carboxylic acid groups (broad SMARTS) is 1. The number of carbonyl (C=O) groups is 2. The summed E-state index contributed by atoms with van der Waals surface area (Å²) in [5.41, 5.74) is -1.66. The van der Waals surface area contributed by atoms with E-state index in [4.69, 9.17) is 5.11 Å². The molecule has 1 aliphatic rings. The lowest BCUT2D eigenvalue weighted by atomic mass is 9.97. The molecule has 0 radical (unpaired) electrons. The third-order valence-electron chi connectivity index (χ3n) is 3.58. The van der Waals surface area contributed by atoms with Crippen LogP contribution in [0.25, 0.3) is 0 Å². The van der Waals surface area contributed by atoms with Gasteiger partial charge in [0, 0.05) is 18.7 Å². The zero-order valence-electron chi connectivity index (χ0n) is 11.4. The molecule has 1 N–H and O–H groups in total. The SMILES string of the molecule is O=C(O)C1CCCN(C(=O)c2ccc(C(F)(F)F)c(F)c2)C1. The largest absolute Gasteiger partial charge is 0.481 e. The summed E-state index contributed by atoms with van der Waals surface area (Å²) in [5.74, 6) is -3.93. The highest BCUT2D eigenvalue weighted by Gasteiger charge is 2.35.